The largest absolute Gasteiger partial charge is 0.416 e. The zero-order valence-electron chi connectivity index (χ0n) is 18.1. The van der Waals surface area contributed by atoms with Gasteiger partial charge in [0.05, 0.1) is 5.56 Å². The number of carbonyl (C=O) groups excluding carboxylic acids is 2. The molecule has 0 radical (unpaired) electrons. The molecule has 1 unspecified atom stereocenters. The molecule has 0 saturated carbocycles. The second-order valence-electron chi connectivity index (χ2n) is 8.48. The van der Waals surface area contributed by atoms with E-state index < -0.39 is 11.7 Å². The second-order valence-corrected chi connectivity index (χ2v) is 8.48. The van der Waals surface area contributed by atoms with Gasteiger partial charge in [-0.15, -0.1) is 0 Å². The molecule has 0 bridgehead atoms. The maximum atomic E-state index is 12.8. The summed E-state index contributed by atoms with van der Waals surface area (Å²) in [7, 11) is 0. The number of benzene rings is 1. The number of nitrogens with zero attached hydrogens (tertiary/aromatic N) is 4. The summed E-state index contributed by atoms with van der Waals surface area (Å²) in [6.45, 7) is 2.29. The number of aromatic nitrogens is 2. The molecule has 2 aliphatic heterocycles. The minimum atomic E-state index is -4.43. The number of anilines is 1. The molecule has 2 aliphatic rings. The highest BCUT2D eigenvalue weighted by Gasteiger charge is 2.32. The summed E-state index contributed by atoms with van der Waals surface area (Å²) in [6, 6.07) is 6.02. The van der Waals surface area contributed by atoms with E-state index in [1.165, 1.54) is 12.1 Å². The van der Waals surface area contributed by atoms with Gasteiger partial charge >= 0.3 is 6.18 Å². The maximum absolute atomic E-state index is 12.8. The van der Waals surface area contributed by atoms with Crippen molar-refractivity contribution >= 4 is 17.8 Å². The van der Waals surface area contributed by atoms with Crippen LogP contribution in [0.25, 0.3) is 0 Å². The summed E-state index contributed by atoms with van der Waals surface area (Å²) in [5, 5.41) is 3.14. The molecule has 3 heterocycles. The molecule has 0 aliphatic carbocycles. The highest BCUT2D eigenvalue weighted by Crippen LogP contribution is 2.29. The molecule has 7 nitrogen and oxygen atoms in total. The number of hydrogen-bond donors (Lipinski definition) is 1. The van der Waals surface area contributed by atoms with Crippen molar-refractivity contribution < 1.29 is 22.8 Å². The van der Waals surface area contributed by atoms with E-state index in [9.17, 15) is 22.8 Å². The van der Waals surface area contributed by atoms with Crippen LogP contribution in [0.4, 0.5) is 19.1 Å². The Kier molecular flexibility index (Phi) is 6.80. The molecule has 176 valence electrons. The van der Waals surface area contributed by atoms with Crippen molar-refractivity contribution in [3.63, 3.8) is 0 Å². The van der Waals surface area contributed by atoms with Crippen molar-refractivity contribution in [2.75, 3.05) is 31.1 Å². The number of piperidine rings is 2. The molecular weight excluding hydrogens is 435 g/mol. The standard InChI is InChI=1S/C23H26F3N5O2/c24-23(25,26)18-6-4-17(5-7-18)21(33)30-13-8-16(9-14-30)20(32)29-19-3-1-12-31(15-19)22-27-10-2-11-28-22/h2,4-7,10-11,16,19H,1,3,8-9,12-15H2,(H,29,32). The fraction of sp³-hybridized carbons (Fsp3) is 0.478. The summed E-state index contributed by atoms with van der Waals surface area (Å²) in [6.07, 6.45) is 1.84. The number of rotatable bonds is 4. The molecule has 4 rings (SSSR count). The lowest BCUT2D eigenvalue weighted by Gasteiger charge is -2.35. The lowest BCUT2D eigenvalue weighted by Crippen LogP contribution is -2.51. The number of likely N-dealkylation sites (tertiary alicyclic amines) is 1. The van der Waals surface area contributed by atoms with Crippen LogP contribution in [0, 0.1) is 5.92 Å². The summed E-state index contributed by atoms with van der Waals surface area (Å²) in [4.78, 5) is 37.7. The van der Waals surface area contributed by atoms with Crippen LogP contribution in [0.3, 0.4) is 0 Å². The number of nitrogens with one attached hydrogen (secondary N) is 1. The Balaban J connectivity index is 1.27. The van der Waals surface area contributed by atoms with E-state index in [1.807, 2.05) is 0 Å². The fourth-order valence-electron chi connectivity index (χ4n) is 4.38. The SMILES string of the molecule is O=C(NC1CCCN(c2ncccn2)C1)C1CCN(C(=O)c2ccc(C(F)(F)F)cc2)CC1. The number of alkyl halides is 3. The molecule has 2 fully saturated rings. The van der Waals surface area contributed by atoms with Crippen LogP contribution < -0.4 is 10.2 Å². The third kappa shape index (κ3) is 5.61. The molecule has 33 heavy (non-hydrogen) atoms. The van der Waals surface area contributed by atoms with Crippen LogP contribution in [0.15, 0.2) is 42.7 Å². The van der Waals surface area contributed by atoms with Gasteiger partial charge in [0.1, 0.15) is 0 Å². The van der Waals surface area contributed by atoms with Crippen LogP contribution >= 0.6 is 0 Å². The fourth-order valence-corrected chi connectivity index (χ4v) is 4.38. The van der Waals surface area contributed by atoms with E-state index in [0.29, 0.717) is 38.4 Å². The predicted octanol–water partition coefficient (Wildman–Crippen LogP) is 3.13. The van der Waals surface area contributed by atoms with E-state index in [-0.39, 0.29) is 29.3 Å². The Morgan fingerprint density at radius 1 is 0.970 bits per heavy atom. The topological polar surface area (TPSA) is 78.4 Å². The van der Waals surface area contributed by atoms with Crippen molar-refractivity contribution in [1.82, 2.24) is 20.2 Å². The lowest BCUT2D eigenvalue weighted by atomic mass is 9.94. The Bertz CT molecular complexity index is 960. The highest BCUT2D eigenvalue weighted by atomic mass is 19.4. The summed E-state index contributed by atoms with van der Waals surface area (Å²) in [5.41, 5.74) is -0.564. The van der Waals surface area contributed by atoms with Crippen LogP contribution in [-0.2, 0) is 11.0 Å². The third-order valence-electron chi connectivity index (χ3n) is 6.21. The molecule has 1 N–H and O–H groups in total. The average molecular weight is 461 g/mol. The first-order valence-electron chi connectivity index (χ1n) is 11.1. The predicted molar refractivity (Wildman–Crippen MR) is 115 cm³/mol. The van der Waals surface area contributed by atoms with Gasteiger partial charge in [0.15, 0.2) is 0 Å². The monoisotopic (exact) mass is 461 g/mol. The third-order valence-corrected chi connectivity index (χ3v) is 6.21. The first-order valence-corrected chi connectivity index (χ1v) is 11.1. The van der Waals surface area contributed by atoms with Gasteiger partial charge in [-0.05, 0) is 56.0 Å². The van der Waals surface area contributed by atoms with Gasteiger partial charge in [-0.1, -0.05) is 0 Å². The Labute approximate surface area is 190 Å². The average Bonchev–Trinajstić information content (AvgIpc) is 2.84. The molecule has 2 amide bonds. The normalized spacial score (nSPS) is 19.9. The number of carbonyl (C=O) groups is 2. The van der Waals surface area contributed by atoms with Gasteiger partial charge in [0.2, 0.25) is 11.9 Å². The van der Waals surface area contributed by atoms with Gasteiger partial charge in [0, 0.05) is 56.1 Å². The van der Waals surface area contributed by atoms with E-state index >= 15 is 0 Å². The van der Waals surface area contributed by atoms with E-state index in [1.54, 1.807) is 23.4 Å². The van der Waals surface area contributed by atoms with Crippen LogP contribution in [0.1, 0.15) is 41.6 Å². The summed E-state index contributed by atoms with van der Waals surface area (Å²) in [5.74, 6) is 0.141. The van der Waals surface area contributed by atoms with Crippen LogP contribution in [0.2, 0.25) is 0 Å². The second kappa shape index (κ2) is 9.76. The first kappa shape index (κ1) is 23.0. The summed E-state index contributed by atoms with van der Waals surface area (Å²) < 4.78 is 38.2. The van der Waals surface area contributed by atoms with Crippen molar-refractivity contribution in [1.29, 1.82) is 0 Å². The highest BCUT2D eigenvalue weighted by molar-refractivity contribution is 5.94. The molecule has 0 spiro atoms. The van der Waals surface area contributed by atoms with E-state index in [2.05, 4.69) is 20.2 Å². The van der Waals surface area contributed by atoms with Crippen molar-refractivity contribution in [3.8, 4) is 0 Å². The number of hydrogen-bond acceptors (Lipinski definition) is 5. The molecule has 10 heteroatoms. The molecule has 1 aromatic carbocycles. The zero-order chi connectivity index (χ0) is 23.4. The maximum Gasteiger partial charge on any atom is 0.416 e. The van der Waals surface area contributed by atoms with Gasteiger partial charge in [-0.2, -0.15) is 13.2 Å². The van der Waals surface area contributed by atoms with Gasteiger partial charge in [0.25, 0.3) is 5.91 Å². The molecule has 1 atom stereocenters. The Morgan fingerprint density at radius 3 is 2.27 bits per heavy atom. The van der Waals surface area contributed by atoms with Crippen molar-refractivity contribution in [3.05, 3.63) is 53.9 Å². The lowest BCUT2D eigenvalue weighted by molar-refractivity contribution is -0.137. The van der Waals surface area contributed by atoms with Gasteiger partial charge in [-0.3, -0.25) is 9.59 Å². The van der Waals surface area contributed by atoms with E-state index in [0.717, 1.165) is 31.5 Å². The van der Waals surface area contributed by atoms with Crippen molar-refractivity contribution in [2.24, 2.45) is 5.92 Å². The Hall–Kier alpha value is -3.17. The summed E-state index contributed by atoms with van der Waals surface area (Å²) >= 11 is 0. The molecular formula is C23H26F3N5O2. The van der Waals surface area contributed by atoms with Gasteiger partial charge < -0.3 is 15.1 Å². The minimum Gasteiger partial charge on any atom is -0.351 e. The van der Waals surface area contributed by atoms with Gasteiger partial charge in [-0.25, -0.2) is 9.97 Å². The quantitative estimate of drug-likeness (QED) is 0.757. The zero-order valence-corrected chi connectivity index (χ0v) is 18.1. The molecule has 1 aromatic heterocycles. The van der Waals surface area contributed by atoms with Crippen LogP contribution in [-0.4, -0.2) is 58.9 Å². The number of amides is 2. The Morgan fingerprint density at radius 2 is 1.64 bits per heavy atom. The molecule has 2 aromatic rings. The minimum absolute atomic E-state index is 0.0156. The smallest absolute Gasteiger partial charge is 0.351 e. The molecule has 2 saturated heterocycles. The van der Waals surface area contributed by atoms with Crippen molar-refractivity contribution in [2.45, 2.75) is 37.9 Å². The number of halogens is 3. The van der Waals surface area contributed by atoms with Crippen LogP contribution in [0.5, 0.6) is 0 Å². The first-order chi connectivity index (χ1) is 15.8. The van der Waals surface area contributed by atoms with E-state index in [4.69, 9.17) is 0 Å².